The summed E-state index contributed by atoms with van der Waals surface area (Å²) in [6.07, 6.45) is 2.45. The Balaban J connectivity index is 2.09. The topological polar surface area (TPSA) is 20.2 Å². The molecule has 0 amide bonds. The lowest BCUT2D eigenvalue weighted by Crippen LogP contribution is -1.92. The van der Waals surface area contributed by atoms with Gasteiger partial charge in [0.1, 0.15) is 0 Å². The third kappa shape index (κ3) is 1.89. The maximum absolute atomic E-state index is 8.75. The molecule has 1 nitrogen and oxygen atoms in total. The highest BCUT2D eigenvalue weighted by Gasteiger charge is 2.21. The average molecular weight is 194 g/mol. The normalized spacial score (nSPS) is 20.2. The minimum atomic E-state index is 0.295. The smallest absolute Gasteiger partial charge is 0.0521 e. The van der Waals surface area contributed by atoms with E-state index in [4.69, 9.17) is 5.11 Å². The van der Waals surface area contributed by atoms with Crippen molar-refractivity contribution in [3.63, 3.8) is 0 Å². The molecule has 1 aliphatic rings. The van der Waals surface area contributed by atoms with Crippen LogP contribution in [0.3, 0.4) is 0 Å². The van der Waals surface area contributed by atoms with E-state index < -0.39 is 0 Å². The lowest BCUT2D eigenvalue weighted by molar-refractivity contribution is 0.322. The largest absolute Gasteiger partial charge is 0.396 e. The summed E-state index contributed by atoms with van der Waals surface area (Å²) in [4.78, 5) is 0. The van der Waals surface area contributed by atoms with E-state index in [1.54, 1.807) is 0 Å². The van der Waals surface area contributed by atoms with Crippen molar-refractivity contribution in [1.82, 2.24) is 0 Å². The first-order chi connectivity index (χ1) is 6.42. The van der Waals surface area contributed by atoms with Crippen LogP contribution in [0.5, 0.6) is 0 Å². The first-order valence-electron chi connectivity index (χ1n) is 4.72. The maximum atomic E-state index is 8.75. The van der Waals surface area contributed by atoms with Crippen molar-refractivity contribution in [2.45, 2.75) is 18.1 Å². The van der Waals surface area contributed by atoms with Crippen molar-refractivity contribution >= 4 is 11.8 Å². The molecule has 0 saturated heterocycles. The summed E-state index contributed by atoms with van der Waals surface area (Å²) in [5.41, 5.74) is 2.99. The van der Waals surface area contributed by atoms with Gasteiger partial charge in [-0.25, -0.2) is 0 Å². The monoisotopic (exact) mass is 194 g/mol. The summed E-state index contributed by atoms with van der Waals surface area (Å²) in [6, 6.07) is 8.65. The number of aliphatic hydroxyl groups excluding tert-OH is 1. The number of aliphatic hydroxyl groups is 1. The summed E-state index contributed by atoms with van der Waals surface area (Å²) in [5.74, 6) is 0.860. The van der Waals surface area contributed by atoms with Crippen molar-refractivity contribution in [3.05, 3.63) is 35.4 Å². The highest BCUT2D eigenvalue weighted by Crippen LogP contribution is 2.40. The fourth-order valence-electron chi connectivity index (χ4n) is 1.89. The van der Waals surface area contributed by atoms with Gasteiger partial charge in [-0.05, 0) is 24.0 Å². The molecule has 0 heterocycles. The molecule has 0 radical (unpaired) electrons. The van der Waals surface area contributed by atoms with E-state index in [0.29, 0.717) is 11.9 Å². The Labute approximate surface area is 83.2 Å². The van der Waals surface area contributed by atoms with Crippen molar-refractivity contribution in [2.75, 3.05) is 12.4 Å². The molecule has 0 saturated carbocycles. The molecule has 1 aromatic carbocycles. The molecule has 1 atom stereocenters. The lowest BCUT2D eigenvalue weighted by atomic mass is 10.1. The zero-order valence-electron chi connectivity index (χ0n) is 7.57. The molecule has 0 bridgehead atoms. The molecule has 0 fully saturated rings. The number of hydrogen-bond acceptors (Lipinski definition) is 2. The Bertz CT molecular complexity index is 285. The Kier molecular flexibility index (Phi) is 2.91. The Morgan fingerprint density at radius 3 is 3.08 bits per heavy atom. The minimum Gasteiger partial charge on any atom is -0.396 e. The van der Waals surface area contributed by atoms with Gasteiger partial charge in [-0.1, -0.05) is 24.3 Å². The molecule has 0 aromatic heterocycles. The van der Waals surface area contributed by atoms with Gasteiger partial charge in [0.15, 0.2) is 0 Å². The predicted octanol–water partition coefficient (Wildman–Crippen LogP) is 2.40. The highest BCUT2D eigenvalue weighted by atomic mass is 32.2. The second-order valence-corrected chi connectivity index (χ2v) is 4.63. The molecule has 0 aliphatic heterocycles. The fourth-order valence-corrected chi connectivity index (χ4v) is 2.97. The van der Waals surface area contributed by atoms with E-state index >= 15 is 0 Å². The molecule has 13 heavy (non-hydrogen) atoms. The number of fused-ring (bicyclic) bond motifs is 1. The van der Waals surface area contributed by atoms with Crippen LogP contribution in [0.4, 0.5) is 0 Å². The van der Waals surface area contributed by atoms with E-state index in [-0.39, 0.29) is 0 Å². The van der Waals surface area contributed by atoms with Gasteiger partial charge in [0.05, 0.1) is 6.61 Å². The van der Waals surface area contributed by atoms with Crippen LogP contribution in [0.1, 0.15) is 22.8 Å². The summed E-state index contributed by atoms with van der Waals surface area (Å²) in [6.45, 7) is 0.295. The van der Waals surface area contributed by atoms with Gasteiger partial charge in [0.2, 0.25) is 0 Å². The van der Waals surface area contributed by atoms with Crippen LogP contribution in [-0.2, 0) is 6.42 Å². The zero-order valence-corrected chi connectivity index (χ0v) is 8.39. The second-order valence-electron chi connectivity index (χ2n) is 3.32. The summed E-state index contributed by atoms with van der Waals surface area (Å²) < 4.78 is 0. The van der Waals surface area contributed by atoms with Gasteiger partial charge in [0.25, 0.3) is 0 Å². The van der Waals surface area contributed by atoms with Crippen LogP contribution in [0.2, 0.25) is 0 Å². The van der Waals surface area contributed by atoms with Crippen molar-refractivity contribution < 1.29 is 5.11 Å². The van der Waals surface area contributed by atoms with Gasteiger partial charge in [-0.15, -0.1) is 0 Å². The van der Waals surface area contributed by atoms with E-state index in [1.165, 1.54) is 24.0 Å². The van der Waals surface area contributed by atoms with E-state index in [9.17, 15) is 0 Å². The number of aryl methyl sites for hydroxylation is 1. The van der Waals surface area contributed by atoms with E-state index in [1.807, 2.05) is 11.8 Å². The van der Waals surface area contributed by atoms with Gasteiger partial charge in [-0.2, -0.15) is 11.8 Å². The van der Waals surface area contributed by atoms with E-state index in [0.717, 1.165) is 5.75 Å². The molecule has 1 aromatic rings. The van der Waals surface area contributed by atoms with Gasteiger partial charge >= 0.3 is 0 Å². The molecule has 70 valence electrons. The van der Waals surface area contributed by atoms with Crippen LogP contribution in [-0.4, -0.2) is 17.5 Å². The third-order valence-electron chi connectivity index (χ3n) is 2.49. The highest BCUT2D eigenvalue weighted by molar-refractivity contribution is 7.99. The van der Waals surface area contributed by atoms with Crippen LogP contribution >= 0.6 is 11.8 Å². The first kappa shape index (κ1) is 9.10. The summed E-state index contributed by atoms with van der Waals surface area (Å²) >= 11 is 1.88. The van der Waals surface area contributed by atoms with Gasteiger partial charge < -0.3 is 5.11 Å². The molecular formula is C11H14OS. The Morgan fingerprint density at radius 2 is 2.23 bits per heavy atom. The minimum absolute atomic E-state index is 0.295. The molecule has 2 heteroatoms. The van der Waals surface area contributed by atoms with Crippen molar-refractivity contribution in [2.24, 2.45) is 0 Å². The molecule has 0 spiro atoms. The van der Waals surface area contributed by atoms with E-state index in [2.05, 4.69) is 24.3 Å². The molecule has 1 N–H and O–H groups in total. The average Bonchev–Trinajstić information content (AvgIpc) is 2.58. The quantitative estimate of drug-likeness (QED) is 0.797. The van der Waals surface area contributed by atoms with Crippen molar-refractivity contribution in [3.8, 4) is 0 Å². The van der Waals surface area contributed by atoms with Gasteiger partial charge in [0, 0.05) is 11.0 Å². The number of hydrogen-bond donors (Lipinski definition) is 1. The lowest BCUT2D eigenvalue weighted by Gasteiger charge is -2.09. The first-order valence-corrected chi connectivity index (χ1v) is 5.77. The predicted molar refractivity (Wildman–Crippen MR) is 57.0 cm³/mol. The van der Waals surface area contributed by atoms with Crippen LogP contribution in [0.15, 0.2) is 24.3 Å². The standard InChI is InChI=1S/C11H14OS/c12-7-8-13-11-6-5-9-3-1-2-4-10(9)11/h1-4,11-12H,5-8H2. The van der Waals surface area contributed by atoms with Gasteiger partial charge in [-0.3, -0.25) is 0 Å². The van der Waals surface area contributed by atoms with Crippen LogP contribution in [0.25, 0.3) is 0 Å². The molecular weight excluding hydrogens is 180 g/mol. The Hall–Kier alpha value is -0.470. The van der Waals surface area contributed by atoms with Crippen LogP contribution < -0.4 is 0 Å². The summed E-state index contributed by atoms with van der Waals surface area (Å²) in [5, 5.41) is 9.38. The molecule has 1 aliphatic carbocycles. The molecule has 2 rings (SSSR count). The van der Waals surface area contributed by atoms with Crippen LogP contribution in [0, 0.1) is 0 Å². The van der Waals surface area contributed by atoms with Crippen molar-refractivity contribution in [1.29, 1.82) is 0 Å². The molecule has 1 unspecified atom stereocenters. The fraction of sp³-hybridized carbons (Fsp3) is 0.455. The number of rotatable bonds is 3. The SMILES string of the molecule is OCCSC1CCc2ccccc21. The zero-order chi connectivity index (χ0) is 9.10. The summed E-state index contributed by atoms with van der Waals surface area (Å²) in [7, 11) is 0. The maximum Gasteiger partial charge on any atom is 0.0521 e. The second kappa shape index (κ2) is 4.16. The Morgan fingerprint density at radius 1 is 1.38 bits per heavy atom. The number of thioether (sulfide) groups is 1. The third-order valence-corrected chi connectivity index (χ3v) is 3.80. The number of benzene rings is 1.